The number of benzene rings is 2. The Hall–Kier alpha value is -4.36. The lowest BCUT2D eigenvalue weighted by molar-refractivity contribution is -0.145. The van der Waals surface area contributed by atoms with E-state index in [2.05, 4.69) is 21.4 Å². The Bertz CT molecular complexity index is 1760. The number of nitrogens with one attached hydrogen (secondary N) is 4. The molecule has 53 heavy (non-hydrogen) atoms. The fraction of sp³-hybridized carbons (Fsp3) is 0.513. The maximum atomic E-state index is 14.6. The summed E-state index contributed by atoms with van der Waals surface area (Å²) in [5.41, 5.74) is 2.18. The molecule has 2 aromatic rings. The van der Waals surface area contributed by atoms with Crippen LogP contribution in [-0.2, 0) is 28.8 Å². The monoisotopic (exact) mass is 755 g/mol. The lowest BCUT2D eigenvalue weighted by atomic mass is 9.84. The Kier molecular flexibility index (Phi) is 12.6. The standard InChI is InChI=1S/C39H48ClF2N5O6/c1-5-10-29(33(49)36(51)43-26-15-16-27(41)28(42)19-26)44-35(50)31-21-39(20-30(46-53-39)24-13-9-14-25(40)18-24)22-47(31)37(52)34(38(2,3)4)45-32(48)17-23-11-7-6-8-12-23/h9,13-16,18-20,23,29,31,34,46H,5-8,10-12,17,21-22H2,1-4H3,(H,43,51)(H,44,50)(H,45,48)/t29-,31-,34+,39+/m0/s1. The number of amides is 4. The van der Waals surface area contributed by atoms with Crippen LogP contribution in [0.1, 0.15) is 91.0 Å². The van der Waals surface area contributed by atoms with Crippen LogP contribution in [0.3, 0.4) is 0 Å². The molecule has 1 saturated heterocycles. The van der Waals surface area contributed by atoms with Crippen molar-refractivity contribution in [1.82, 2.24) is 21.0 Å². The number of carbonyl (C=O) groups excluding carboxylic acids is 5. The molecule has 4 atom stereocenters. The summed E-state index contributed by atoms with van der Waals surface area (Å²) in [6.45, 7) is 7.22. The molecule has 0 radical (unpaired) electrons. The van der Waals surface area contributed by atoms with E-state index < -0.39 is 64.3 Å². The van der Waals surface area contributed by atoms with Crippen molar-refractivity contribution in [2.75, 3.05) is 11.9 Å². The lowest BCUT2D eigenvalue weighted by Crippen LogP contribution is -2.59. The first-order valence-electron chi connectivity index (χ1n) is 18.2. The molecule has 1 spiro atoms. The smallest absolute Gasteiger partial charge is 0.293 e. The van der Waals surface area contributed by atoms with E-state index in [4.69, 9.17) is 16.4 Å². The zero-order valence-electron chi connectivity index (χ0n) is 30.5. The van der Waals surface area contributed by atoms with E-state index in [0.717, 1.165) is 55.9 Å². The van der Waals surface area contributed by atoms with Gasteiger partial charge in [0.15, 0.2) is 11.6 Å². The summed E-state index contributed by atoms with van der Waals surface area (Å²) in [5.74, 6) is -5.63. The first-order valence-corrected chi connectivity index (χ1v) is 18.6. The van der Waals surface area contributed by atoms with Gasteiger partial charge in [-0.2, -0.15) is 0 Å². The van der Waals surface area contributed by atoms with E-state index in [1.165, 1.54) is 4.90 Å². The zero-order chi connectivity index (χ0) is 38.5. The topological polar surface area (TPSA) is 146 Å². The van der Waals surface area contributed by atoms with Crippen molar-refractivity contribution in [1.29, 1.82) is 0 Å². The molecule has 4 amide bonds. The number of halogens is 3. The number of ketones is 1. The van der Waals surface area contributed by atoms with Crippen molar-refractivity contribution >= 4 is 52.4 Å². The van der Waals surface area contributed by atoms with Crippen LogP contribution in [0.4, 0.5) is 14.5 Å². The number of hydroxylamine groups is 1. The largest absolute Gasteiger partial charge is 0.344 e. The highest BCUT2D eigenvalue weighted by Crippen LogP contribution is 2.39. The molecule has 4 N–H and O–H groups in total. The van der Waals surface area contributed by atoms with Crippen LogP contribution in [-0.4, -0.2) is 64.6 Å². The molecule has 0 bridgehead atoms. The van der Waals surface area contributed by atoms with Gasteiger partial charge in [0.25, 0.3) is 5.91 Å². The second-order valence-corrected chi connectivity index (χ2v) is 15.8. The highest BCUT2D eigenvalue weighted by molar-refractivity contribution is 6.42. The van der Waals surface area contributed by atoms with Crippen molar-refractivity contribution < 1.29 is 37.6 Å². The Morgan fingerprint density at radius 3 is 2.42 bits per heavy atom. The number of carbonyl (C=O) groups is 5. The van der Waals surface area contributed by atoms with Crippen LogP contribution < -0.4 is 21.4 Å². The van der Waals surface area contributed by atoms with E-state index in [0.29, 0.717) is 23.6 Å². The van der Waals surface area contributed by atoms with Gasteiger partial charge in [-0.05, 0) is 60.9 Å². The van der Waals surface area contributed by atoms with Gasteiger partial charge in [-0.25, -0.2) is 8.78 Å². The average molecular weight is 756 g/mol. The second-order valence-electron chi connectivity index (χ2n) is 15.4. The van der Waals surface area contributed by atoms with E-state index >= 15 is 0 Å². The molecule has 0 aromatic heterocycles. The molecule has 2 heterocycles. The van der Waals surface area contributed by atoms with Crippen LogP contribution in [0.15, 0.2) is 48.5 Å². The Labute approximate surface area is 313 Å². The molecule has 2 aliphatic heterocycles. The number of rotatable bonds is 12. The third-order valence-electron chi connectivity index (χ3n) is 10.1. The van der Waals surface area contributed by atoms with Gasteiger partial charge in [0.05, 0.1) is 18.3 Å². The SMILES string of the molecule is CCC[C@H](NC(=O)[C@@H]1C[C@]2(C=C(c3cccc(Cl)c3)NO2)CN1C(=O)[C@@H](NC(=O)CC1CCCCC1)C(C)(C)C)C(=O)C(=O)Nc1ccc(F)c(F)c1. The van der Waals surface area contributed by atoms with Crippen LogP contribution in [0.5, 0.6) is 0 Å². The second kappa shape index (κ2) is 16.8. The first-order chi connectivity index (χ1) is 25.1. The minimum absolute atomic E-state index is 0.0113. The predicted octanol–water partition coefficient (Wildman–Crippen LogP) is 5.83. The zero-order valence-corrected chi connectivity index (χ0v) is 31.3. The lowest BCUT2D eigenvalue weighted by Gasteiger charge is -2.36. The molecule has 0 unspecified atom stereocenters. The Morgan fingerprint density at radius 1 is 1.02 bits per heavy atom. The molecule has 2 fully saturated rings. The maximum absolute atomic E-state index is 14.6. The number of hydrogen-bond donors (Lipinski definition) is 4. The van der Waals surface area contributed by atoms with E-state index in [1.54, 1.807) is 31.2 Å². The van der Waals surface area contributed by atoms with E-state index in [9.17, 15) is 32.8 Å². The summed E-state index contributed by atoms with van der Waals surface area (Å²) < 4.78 is 27.2. The van der Waals surface area contributed by atoms with Crippen molar-refractivity contribution in [3.8, 4) is 0 Å². The van der Waals surface area contributed by atoms with Gasteiger partial charge in [0, 0.05) is 35.2 Å². The first kappa shape index (κ1) is 39.8. The molecular formula is C39H48ClF2N5O6. The predicted molar refractivity (Wildman–Crippen MR) is 196 cm³/mol. The number of Topliss-reactive ketones (excluding diaryl/α,β-unsaturated/α-hetero) is 1. The van der Waals surface area contributed by atoms with Gasteiger partial charge in [-0.3, -0.25) is 34.3 Å². The third-order valence-corrected chi connectivity index (χ3v) is 10.3. The van der Waals surface area contributed by atoms with Gasteiger partial charge in [0.2, 0.25) is 23.5 Å². The average Bonchev–Trinajstić information content (AvgIpc) is 3.71. The van der Waals surface area contributed by atoms with E-state index in [1.807, 2.05) is 26.8 Å². The fourth-order valence-corrected chi connectivity index (χ4v) is 7.45. The summed E-state index contributed by atoms with van der Waals surface area (Å²) in [6.07, 6.45) is 7.78. The van der Waals surface area contributed by atoms with Gasteiger partial charge >= 0.3 is 0 Å². The molecule has 3 aliphatic rings. The maximum Gasteiger partial charge on any atom is 0.293 e. The highest BCUT2D eigenvalue weighted by atomic mass is 35.5. The van der Waals surface area contributed by atoms with Crippen LogP contribution in [0.2, 0.25) is 5.02 Å². The molecule has 5 rings (SSSR count). The minimum atomic E-state index is -1.29. The highest BCUT2D eigenvalue weighted by Gasteiger charge is 2.54. The molecule has 1 saturated carbocycles. The summed E-state index contributed by atoms with van der Waals surface area (Å²) in [7, 11) is 0. The van der Waals surface area contributed by atoms with Crippen molar-refractivity contribution in [3.63, 3.8) is 0 Å². The third kappa shape index (κ3) is 9.80. The Morgan fingerprint density at radius 2 is 1.75 bits per heavy atom. The minimum Gasteiger partial charge on any atom is -0.344 e. The number of hydrogen-bond acceptors (Lipinski definition) is 7. The van der Waals surface area contributed by atoms with Crippen molar-refractivity contribution in [3.05, 3.63) is 70.8 Å². The molecule has 2 aromatic carbocycles. The quantitative estimate of drug-likeness (QED) is 0.200. The Balaban J connectivity index is 1.41. The summed E-state index contributed by atoms with van der Waals surface area (Å²) in [6, 6.07) is 6.31. The summed E-state index contributed by atoms with van der Waals surface area (Å²) in [4.78, 5) is 76.0. The van der Waals surface area contributed by atoms with Gasteiger partial charge in [-0.15, -0.1) is 0 Å². The number of likely N-dealkylation sites (tertiary alicyclic amines) is 1. The van der Waals surface area contributed by atoms with Crippen LogP contribution in [0, 0.1) is 23.0 Å². The van der Waals surface area contributed by atoms with Gasteiger partial charge in [-0.1, -0.05) is 77.1 Å². The van der Waals surface area contributed by atoms with Crippen molar-refractivity contribution in [2.24, 2.45) is 11.3 Å². The molecular weight excluding hydrogens is 708 g/mol. The molecule has 286 valence electrons. The van der Waals surface area contributed by atoms with E-state index in [-0.39, 0.29) is 36.9 Å². The van der Waals surface area contributed by atoms with Gasteiger partial charge < -0.3 is 20.9 Å². The normalized spacial score (nSPS) is 21.4. The molecule has 1 aliphatic carbocycles. The van der Waals surface area contributed by atoms with Crippen LogP contribution >= 0.6 is 11.6 Å². The van der Waals surface area contributed by atoms with Crippen LogP contribution in [0.25, 0.3) is 5.70 Å². The summed E-state index contributed by atoms with van der Waals surface area (Å²) >= 11 is 6.24. The number of anilines is 1. The fourth-order valence-electron chi connectivity index (χ4n) is 7.26. The molecule has 11 nitrogen and oxygen atoms in total. The van der Waals surface area contributed by atoms with Gasteiger partial charge in [0.1, 0.15) is 17.7 Å². The number of nitrogens with zero attached hydrogens (tertiary/aromatic N) is 1. The molecule has 14 heteroatoms. The van der Waals surface area contributed by atoms with Crippen molar-refractivity contribution in [2.45, 2.75) is 109 Å². The summed E-state index contributed by atoms with van der Waals surface area (Å²) in [5, 5.41) is 8.43.